The summed E-state index contributed by atoms with van der Waals surface area (Å²) in [7, 11) is 0. The van der Waals surface area contributed by atoms with Gasteiger partial charge in [0.15, 0.2) is 0 Å². The van der Waals surface area contributed by atoms with Crippen molar-refractivity contribution in [3.63, 3.8) is 0 Å². The lowest BCUT2D eigenvalue weighted by Crippen LogP contribution is -2.25. The molecule has 0 aliphatic heterocycles. The molecule has 0 saturated heterocycles. The predicted octanol–water partition coefficient (Wildman–Crippen LogP) is 10.0. The minimum atomic E-state index is 0.838. The molecule has 0 spiro atoms. The van der Waals surface area contributed by atoms with Crippen molar-refractivity contribution in [3.8, 4) is 0 Å². The highest BCUT2D eigenvalue weighted by Crippen LogP contribution is 2.45. The van der Waals surface area contributed by atoms with Crippen LogP contribution in [0.1, 0.15) is 146 Å². The molecule has 0 nitrogen and oxygen atoms in total. The summed E-state index contributed by atoms with van der Waals surface area (Å²) in [6.45, 7) is 4.69. The van der Waals surface area contributed by atoms with Crippen LogP contribution in [0.5, 0.6) is 0 Å². The standard InChI is InChI=1S/C31H50/c1-3-5-7-25-10-14-27(15-11-25)29-18-22-31(23-19-29)30-20-16-28(17-21-30)26-12-8-24(6-4-2)9-13-26/h18-19,22-28,30H,3-17,20-21H2,1-2H3. The molecular formula is C31H50. The highest BCUT2D eigenvalue weighted by molar-refractivity contribution is 5.28. The van der Waals surface area contributed by atoms with E-state index in [4.69, 9.17) is 0 Å². The molecule has 0 unspecified atom stereocenters. The molecular weight excluding hydrogens is 372 g/mol. The minimum Gasteiger partial charge on any atom is -0.0654 e. The van der Waals surface area contributed by atoms with Crippen molar-refractivity contribution in [3.05, 3.63) is 35.4 Å². The van der Waals surface area contributed by atoms with Gasteiger partial charge in [0, 0.05) is 0 Å². The van der Waals surface area contributed by atoms with E-state index in [1.165, 1.54) is 109 Å². The summed E-state index contributed by atoms with van der Waals surface area (Å²) >= 11 is 0. The Balaban J connectivity index is 1.21. The molecule has 0 aromatic heterocycles. The quantitative estimate of drug-likeness (QED) is 0.391. The van der Waals surface area contributed by atoms with Crippen molar-refractivity contribution < 1.29 is 0 Å². The minimum absolute atomic E-state index is 0.838. The van der Waals surface area contributed by atoms with Crippen LogP contribution in [0.2, 0.25) is 0 Å². The highest BCUT2D eigenvalue weighted by atomic mass is 14.4. The number of hydrogen-bond donors (Lipinski definition) is 0. The van der Waals surface area contributed by atoms with Gasteiger partial charge in [0.25, 0.3) is 0 Å². The zero-order valence-electron chi connectivity index (χ0n) is 20.8. The number of rotatable bonds is 8. The second-order valence-electron chi connectivity index (χ2n) is 11.7. The average Bonchev–Trinajstić information content (AvgIpc) is 2.84. The van der Waals surface area contributed by atoms with Gasteiger partial charge in [-0.15, -0.1) is 0 Å². The lowest BCUT2D eigenvalue weighted by Gasteiger charge is -2.38. The van der Waals surface area contributed by atoms with E-state index in [-0.39, 0.29) is 0 Å². The van der Waals surface area contributed by atoms with Crippen molar-refractivity contribution in [2.45, 2.75) is 135 Å². The monoisotopic (exact) mass is 422 g/mol. The Labute approximate surface area is 194 Å². The van der Waals surface area contributed by atoms with Crippen molar-refractivity contribution in [2.24, 2.45) is 23.7 Å². The van der Waals surface area contributed by atoms with E-state index < -0.39 is 0 Å². The van der Waals surface area contributed by atoms with Gasteiger partial charge in [-0.25, -0.2) is 0 Å². The third-order valence-electron chi connectivity index (χ3n) is 9.72. The van der Waals surface area contributed by atoms with Crippen molar-refractivity contribution in [2.75, 3.05) is 0 Å². The van der Waals surface area contributed by atoms with Gasteiger partial charge in [-0.2, -0.15) is 0 Å². The van der Waals surface area contributed by atoms with Gasteiger partial charge < -0.3 is 0 Å². The molecule has 3 fully saturated rings. The van der Waals surface area contributed by atoms with Crippen molar-refractivity contribution in [1.82, 2.24) is 0 Å². The highest BCUT2D eigenvalue weighted by Gasteiger charge is 2.31. The Kier molecular flexibility index (Phi) is 8.98. The third kappa shape index (κ3) is 6.39. The molecule has 3 saturated carbocycles. The Hall–Kier alpha value is -0.780. The second kappa shape index (κ2) is 11.9. The molecule has 3 aliphatic carbocycles. The van der Waals surface area contributed by atoms with E-state index in [1.54, 1.807) is 11.1 Å². The lowest BCUT2D eigenvalue weighted by atomic mass is 9.68. The SMILES string of the molecule is CCCCC1CCC(c2ccc(C3CCC(C4CCC(CCC)CC4)CC3)cc2)CC1. The lowest BCUT2D eigenvalue weighted by molar-refractivity contribution is 0.156. The molecule has 4 rings (SSSR count). The molecule has 0 heteroatoms. The summed E-state index contributed by atoms with van der Waals surface area (Å²) in [6, 6.07) is 10.0. The molecule has 1 aromatic rings. The summed E-state index contributed by atoms with van der Waals surface area (Å²) in [5.74, 6) is 5.86. The summed E-state index contributed by atoms with van der Waals surface area (Å²) in [5, 5.41) is 0. The van der Waals surface area contributed by atoms with Gasteiger partial charge >= 0.3 is 0 Å². The Bertz CT molecular complexity index is 604. The molecule has 174 valence electrons. The Morgan fingerprint density at radius 1 is 0.516 bits per heavy atom. The molecule has 0 N–H and O–H groups in total. The van der Waals surface area contributed by atoms with Gasteiger partial charge in [-0.1, -0.05) is 83.1 Å². The van der Waals surface area contributed by atoms with E-state index in [9.17, 15) is 0 Å². The van der Waals surface area contributed by atoms with Crippen LogP contribution in [-0.2, 0) is 0 Å². The molecule has 0 radical (unpaired) electrons. The third-order valence-corrected chi connectivity index (χ3v) is 9.72. The fourth-order valence-electron chi connectivity index (χ4n) is 7.60. The van der Waals surface area contributed by atoms with Crippen molar-refractivity contribution in [1.29, 1.82) is 0 Å². The maximum Gasteiger partial charge on any atom is -0.0162 e. The fourth-order valence-corrected chi connectivity index (χ4v) is 7.60. The van der Waals surface area contributed by atoms with Crippen LogP contribution in [0.15, 0.2) is 24.3 Å². The Morgan fingerprint density at radius 2 is 0.935 bits per heavy atom. The molecule has 0 amide bonds. The molecule has 0 bridgehead atoms. The van der Waals surface area contributed by atoms with Gasteiger partial charge in [0.1, 0.15) is 0 Å². The number of unbranched alkanes of at least 4 members (excludes halogenated alkanes) is 1. The normalized spacial score (nSPS) is 34.5. The maximum atomic E-state index is 2.51. The first-order valence-corrected chi connectivity index (χ1v) is 14.4. The molecule has 1 aromatic carbocycles. The second-order valence-corrected chi connectivity index (χ2v) is 11.7. The van der Waals surface area contributed by atoms with Gasteiger partial charge in [0.05, 0.1) is 0 Å². The first-order chi connectivity index (χ1) is 15.3. The van der Waals surface area contributed by atoms with E-state index in [2.05, 4.69) is 38.1 Å². The molecule has 3 aliphatic rings. The average molecular weight is 423 g/mol. The summed E-state index contributed by atoms with van der Waals surface area (Å²) in [5.41, 5.74) is 3.28. The predicted molar refractivity (Wildman–Crippen MR) is 136 cm³/mol. The zero-order chi connectivity index (χ0) is 21.5. The first kappa shape index (κ1) is 23.4. The van der Waals surface area contributed by atoms with Crippen LogP contribution < -0.4 is 0 Å². The van der Waals surface area contributed by atoms with Gasteiger partial charge in [-0.3, -0.25) is 0 Å². The first-order valence-electron chi connectivity index (χ1n) is 14.4. The van der Waals surface area contributed by atoms with Crippen LogP contribution in [0, 0.1) is 23.7 Å². The Morgan fingerprint density at radius 3 is 1.42 bits per heavy atom. The van der Waals surface area contributed by atoms with E-state index in [1.807, 2.05) is 0 Å². The van der Waals surface area contributed by atoms with E-state index in [0.717, 1.165) is 35.5 Å². The molecule has 31 heavy (non-hydrogen) atoms. The largest absolute Gasteiger partial charge is 0.0654 e. The van der Waals surface area contributed by atoms with Crippen LogP contribution in [0.4, 0.5) is 0 Å². The van der Waals surface area contributed by atoms with Gasteiger partial charge in [-0.05, 0) is 111 Å². The van der Waals surface area contributed by atoms with Crippen LogP contribution >= 0.6 is 0 Å². The summed E-state index contributed by atoms with van der Waals surface area (Å²) in [4.78, 5) is 0. The zero-order valence-corrected chi connectivity index (χ0v) is 20.8. The maximum absolute atomic E-state index is 2.51. The van der Waals surface area contributed by atoms with Crippen molar-refractivity contribution >= 4 is 0 Å². The molecule has 0 heterocycles. The molecule has 0 atom stereocenters. The van der Waals surface area contributed by atoms with Crippen LogP contribution in [0.3, 0.4) is 0 Å². The summed E-state index contributed by atoms with van der Waals surface area (Å²) in [6.07, 6.45) is 25.0. The number of hydrogen-bond acceptors (Lipinski definition) is 0. The number of benzene rings is 1. The smallest absolute Gasteiger partial charge is 0.0162 e. The van der Waals surface area contributed by atoms with Crippen LogP contribution in [-0.4, -0.2) is 0 Å². The van der Waals surface area contributed by atoms with Crippen LogP contribution in [0.25, 0.3) is 0 Å². The van der Waals surface area contributed by atoms with Gasteiger partial charge in [0.2, 0.25) is 0 Å². The van der Waals surface area contributed by atoms with E-state index in [0.29, 0.717) is 0 Å². The summed E-state index contributed by atoms with van der Waals surface area (Å²) < 4.78 is 0. The van der Waals surface area contributed by atoms with E-state index >= 15 is 0 Å². The topological polar surface area (TPSA) is 0 Å². The fraction of sp³-hybridized carbons (Fsp3) is 0.806.